The summed E-state index contributed by atoms with van der Waals surface area (Å²) in [6.45, 7) is 6.66. The number of amides is 1. The molecule has 0 bridgehead atoms. The third-order valence-corrected chi connectivity index (χ3v) is 3.28. The van der Waals surface area contributed by atoms with Gasteiger partial charge in [0.15, 0.2) is 0 Å². The van der Waals surface area contributed by atoms with E-state index in [-0.39, 0.29) is 11.8 Å². The summed E-state index contributed by atoms with van der Waals surface area (Å²) < 4.78 is 0. The molecule has 0 fully saturated rings. The Kier molecular flexibility index (Phi) is 5.39. The molecule has 0 radical (unpaired) electrons. The molecule has 16 heavy (non-hydrogen) atoms. The molecule has 1 atom stereocenters. The van der Waals surface area contributed by atoms with Crippen LogP contribution in [-0.2, 0) is 4.79 Å². The molecule has 1 amide bonds. The summed E-state index contributed by atoms with van der Waals surface area (Å²) in [5.74, 6) is 0.189. The maximum absolute atomic E-state index is 11.4. The average molecular weight is 237 g/mol. The molecule has 1 aromatic carbocycles. The summed E-state index contributed by atoms with van der Waals surface area (Å²) in [5, 5.41) is 3.34. The molecule has 88 valence electrons. The maximum atomic E-state index is 11.4. The summed E-state index contributed by atoms with van der Waals surface area (Å²) in [4.78, 5) is 12.6. The number of nitrogens with one attached hydrogen (secondary N) is 1. The van der Waals surface area contributed by atoms with E-state index in [1.807, 2.05) is 32.0 Å². The highest BCUT2D eigenvalue weighted by molar-refractivity contribution is 8.00. The first kappa shape index (κ1) is 13.1. The number of carbonyl (C=O) groups is 1. The first-order valence-electron chi connectivity index (χ1n) is 5.59. The molecule has 0 aromatic heterocycles. The molecule has 1 aromatic rings. The monoisotopic (exact) mass is 237 g/mol. The minimum Gasteiger partial charge on any atom is -0.355 e. The van der Waals surface area contributed by atoms with E-state index in [9.17, 15) is 4.79 Å². The molecule has 0 aliphatic rings. The minimum absolute atomic E-state index is 0.0638. The summed E-state index contributed by atoms with van der Waals surface area (Å²) in [6, 6.07) is 10.2. The van der Waals surface area contributed by atoms with Crippen molar-refractivity contribution in [3.05, 3.63) is 30.3 Å². The van der Waals surface area contributed by atoms with Crippen LogP contribution in [0.1, 0.15) is 20.8 Å². The van der Waals surface area contributed by atoms with Gasteiger partial charge in [-0.05, 0) is 12.1 Å². The Hall–Kier alpha value is -0.960. The molecular formula is C13H19NOS. The van der Waals surface area contributed by atoms with Crippen LogP contribution >= 0.6 is 11.8 Å². The smallest absolute Gasteiger partial charge is 0.222 e. The largest absolute Gasteiger partial charge is 0.355 e. The SMILES string of the molecule is CC(C)C(=O)NC[C@H](C)Sc1ccccc1. The van der Waals surface area contributed by atoms with E-state index in [1.54, 1.807) is 11.8 Å². The van der Waals surface area contributed by atoms with E-state index in [2.05, 4.69) is 24.4 Å². The lowest BCUT2D eigenvalue weighted by Gasteiger charge is -2.13. The lowest BCUT2D eigenvalue weighted by atomic mass is 10.2. The number of hydrogen-bond donors (Lipinski definition) is 1. The highest BCUT2D eigenvalue weighted by atomic mass is 32.2. The lowest BCUT2D eigenvalue weighted by molar-refractivity contribution is -0.123. The van der Waals surface area contributed by atoms with Crippen molar-refractivity contribution in [2.75, 3.05) is 6.54 Å². The molecule has 1 rings (SSSR count). The van der Waals surface area contributed by atoms with Crippen molar-refractivity contribution in [3.63, 3.8) is 0 Å². The van der Waals surface area contributed by atoms with Gasteiger partial charge in [0.25, 0.3) is 0 Å². The number of rotatable bonds is 5. The van der Waals surface area contributed by atoms with Crippen molar-refractivity contribution < 1.29 is 4.79 Å². The molecule has 0 saturated carbocycles. The van der Waals surface area contributed by atoms with Gasteiger partial charge in [-0.1, -0.05) is 39.0 Å². The number of carbonyl (C=O) groups excluding carboxylic acids is 1. The van der Waals surface area contributed by atoms with E-state index in [4.69, 9.17) is 0 Å². The van der Waals surface area contributed by atoms with Crippen LogP contribution in [0.15, 0.2) is 35.2 Å². The Labute approximate surface area is 102 Å². The van der Waals surface area contributed by atoms with Crippen molar-refractivity contribution in [2.45, 2.75) is 30.9 Å². The van der Waals surface area contributed by atoms with E-state index < -0.39 is 0 Å². The molecule has 0 unspecified atom stereocenters. The normalized spacial score (nSPS) is 12.5. The molecule has 0 heterocycles. The maximum Gasteiger partial charge on any atom is 0.222 e. The molecule has 2 nitrogen and oxygen atoms in total. The van der Waals surface area contributed by atoms with Gasteiger partial charge in [-0.2, -0.15) is 0 Å². The van der Waals surface area contributed by atoms with E-state index in [0.29, 0.717) is 5.25 Å². The third kappa shape index (κ3) is 4.71. The fourth-order valence-corrected chi connectivity index (χ4v) is 2.17. The molecular weight excluding hydrogens is 218 g/mol. The van der Waals surface area contributed by atoms with Gasteiger partial charge in [-0.25, -0.2) is 0 Å². The lowest BCUT2D eigenvalue weighted by Crippen LogP contribution is -2.32. The zero-order chi connectivity index (χ0) is 12.0. The average Bonchev–Trinajstić information content (AvgIpc) is 2.27. The fourth-order valence-electron chi connectivity index (χ4n) is 1.22. The van der Waals surface area contributed by atoms with Gasteiger partial charge in [0, 0.05) is 22.6 Å². The van der Waals surface area contributed by atoms with Crippen molar-refractivity contribution in [1.82, 2.24) is 5.32 Å². The summed E-state index contributed by atoms with van der Waals surface area (Å²) in [5.41, 5.74) is 0. The van der Waals surface area contributed by atoms with E-state index >= 15 is 0 Å². The van der Waals surface area contributed by atoms with Crippen molar-refractivity contribution in [2.24, 2.45) is 5.92 Å². The summed E-state index contributed by atoms with van der Waals surface area (Å²) in [7, 11) is 0. The fraction of sp³-hybridized carbons (Fsp3) is 0.462. The van der Waals surface area contributed by atoms with Gasteiger partial charge in [-0.3, -0.25) is 4.79 Å². The topological polar surface area (TPSA) is 29.1 Å². The van der Waals surface area contributed by atoms with Gasteiger partial charge in [0.1, 0.15) is 0 Å². The van der Waals surface area contributed by atoms with Gasteiger partial charge in [0.2, 0.25) is 5.91 Å². The van der Waals surface area contributed by atoms with Crippen molar-refractivity contribution in [3.8, 4) is 0 Å². The van der Waals surface area contributed by atoms with Crippen molar-refractivity contribution >= 4 is 17.7 Å². The zero-order valence-corrected chi connectivity index (χ0v) is 10.9. The highest BCUT2D eigenvalue weighted by Crippen LogP contribution is 2.21. The Bertz CT molecular complexity index is 324. The first-order valence-corrected chi connectivity index (χ1v) is 6.47. The van der Waals surface area contributed by atoms with Crippen LogP contribution in [0.4, 0.5) is 0 Å². The number of thioether (sulfide) groups is 1. The van der Waals surface area contributed by atoms with E-state index in [0.717, 1.165) is 6.54 Å². The van der Waals surface area contributed by atoms with Crippen LogP contribution in [0.5, 0.6) is 0 Å². The van der Waals surface area contributed by atoms with Gasteiger partial charge in [-0.15, -0.1) is 11.8 Å². The van der Waals surface area contributed by atoms with Crippen LogP contribution in [0.25, 0.3) is 0 Å². The second kappa shape index (κ2) is 6.59. The van der Waals surface area contributed by atoms with Crippen LogP contribution in [-0.4, -0.2) is 17.7 Å². The van der Waals surface area contributed by atoms with Gasteiger partial charge in [0.05, 0.1) is 0 Å². The van der Waals surface area contributed by atoms with Crippen LogP contribution in [0.3, 0.4) is 0 Å². The second-order valence-electron chi connectivity index (χ2n) is 4.14. The summed E-state index contributed by atoms with van der Waals surface area (Å²) >= 11 is 1.78. The van der Waals surface area contributed by atoms with Gasteiger partial charge < -0.3 is 5.32 Å². The number of hydrogen-bond acceptors (Lipinski definition) is 2. The molecule has 3 heteroatoms. The molecule has 1 N–H and O–H groups in total. The van der Waals surface area contributed by atoms with Crippen LogP contribution in [0.2, 0.25) is 0 Å². The van der Waals surface area contributed by atoms with Crippen LogP contribution in [0, 0.1) is 5.92 Å². The van der Waals surface area contributed by atoms with E-state index in [1.165, 1.54) is 4.90 Å². The molecule has 0 aliphatic heterocycles. The molecule has 0 aliphatic carbocycles. The minimum atomic E-state index is 0.0638. The summed E-state index contributed by atoms with van der Waals surface area (Å²) in [6.07, 6.45) is 0. The Morgan fingerprint density at radius 2 is 1.88 bits per heavy atom. The highest BCUT2D eigenvalue weighted by Gasteiger charge is 2.09. The third-order valence-electron chi connectivity index (χ3n) is 2.17. The first-order chi connectivity index (χ1) is 7.59. The quantitative estimate of drug-likeness (QED) is 0.798. The van der Waals surface area contributed by atoms with Gasteiger partial charge >= 0.3 is 0 Å². The second-order valence-corrected chi connectivity index (χ2v) is 5.65. The molecule has 0 spiro atoms. The van der Waals surface area contributed by atoms with Crippen LogP contribution < -0.4 is 5.32 Å². The Morgan fingerprint density at radius 1 is 1.25 bits per heavy atom. The predicted molar refractivity (Wildman–Crippen MR) is 69.6 cm³/mol. The standard InChI is InChI=1S/C13H19NOS/c1-10(2)13(15)14-9-11(3)16-12-7-5-4-6-8-12/h4-8,10-11H,9H2,1-3H3,(H,14,15)/t11-/m0/s1. The van der Waals surface area contributed by atoms with Crippen molar-refractivity contribution in [1.29, 1.82) is 0 Å². The Balaban J connectivity index is 2.31. The molecule has 0 saturated heterocycles. The zero-order valence-electron chi connectivity index (χ0n) is 10.1. The number of benzene rings is 1. The predicted octanol–water partition coefficient (Wildman–Crippen LogP) is 2.94. The Morgan fingerprint density at radius 3 is 2.44 bits per heavy atom.